The zero-order valence-electron chi connectivity index (χ0n) is 13.9. The lowest BCUT2D eigenvalue weighted by Crippen LogP contribution is -2.43. The van der Waals surface area contributed by atoms with Gasteiger partial charge in [-0.3, -0.25) is 5.01 Å². The van der Waals surface area contributed by atoms with Crippen LogP contribution in [0.1, 0.15) is 5.56 Å². The SMILES string of the molecule is COc1ccc(N=NN2CCN(c3ccc(C)c(Cl)c3)CC2)cc1. The lowest BCUT2D eigenvalue weighted by molar-refractivity contribution is 0.254. The van der Waals surface area contributed by atoms with Gasteiger partial charge in [0.2, 0.25) is 0 Å². The van der Waals surface area contributed by atoms with Crippen molar-refractivity contribution in [1.29, 1.82) is 0 Å². The first-order valence-electron chi connectivity index (χ1n) is 7.97. The lowest BCUT2D eigenvalue weighted by Gasteiger charge is -2.34. The molecule has 0 bridgehead atoms. The van der Waals surface area contributed by atoms with E-state index in [0.717, 1.165) is 53.9 Å². The van der Waals surface area contributed by atoms with Crippen molar-refractivity contribution in [2.75, 3.05) is 38.2 Å². The molecule has 0 spiro atoms. The molecule has 0 unspecified atom stereocenters. The zero-order chi connectivity index (χ0) is 16.9. The van der Waals surface area contributed by atoms with Crippen LogP contribution in [-0.2, 0) is 0 Å². The standard InChI is InChI=1S/C18H21ClN4O/c1-14-3-6-16(13-18(14)19)22-9-11-23(12-10-22)21-20-15-4-7-17(24-2)8-5-15/h3-8,13H,9-12H2,1-2H3. The molecule has 5 nitrogen and oxygen atoms in total. The Bertz CT molecular complexity index is 709. The molecule has 1 fully saturated rings. The van der Waals surface area contributed by atoms with Crippen molar-refractivity contribution in [3.63, 3.8) is 0 Å². The van der Waals surface area contributed by atoms with Crippen molar-refractivity contribution in [2.24, 2.45) is 10.3 Å². The summed E-state index contributed by atoms with van der Waals surface area (Å²) in [6.07, 6.45) is 0. The van der Waals surface area contributed by atoms with Crippen LogP contribution in [0.2, 0.25) is 5.02 Å². The molecule has 0 aromatic heterocycles. The maximum atomic E-state index is 6.22. The van der Waals surface area contributed by atoms with Gasteiger partial charge in [0.05, 0.1) is 25.9 Å². The maximum Gasteiger partial charge on any atom is 0.119 e. The third-order valence-corrected chi connectivity index (χ3v) is 4.54. The van der Waals surface area contributed by atoms with Crippen LogP contribution in [-0.4, -0.2) is 38.3 Å². The first kappa shape index (κ1) is 16.6. The molecule has 1 aliphatic rings. The van der Waals surface area contributed by atoms with E-state index in [-0.39, 0.29) is 0 Å². The summed E-state index contributed by atoms with van der Waals surface area (Å²) < 4.78 is 5.14. The van der Waals surface area contributed by atoms with Gasteiger partial charge in [-0.2, -0.15) is 0 Å². The van der Waals surface area contributed by atoms with Crippen LogP contribution >= 0.6 is 11.6 Å². The molecule has 0 saturated carbocycles. The Balaban J connectivity index is 1.56. The average Bonchev–Trinajstić information content (AvgIpc) is 2.63. The Kier molecular flexibility index (Phi) is 5.20. The first-order valence-corrected chi connectivity index (χ1v) is 8.35. The van der Waals surface area contributed by atoms with Crippen LogP contribution in [0.25, 0.3) is 0 Å². The van der Waals surface area contributed by atoms with Crippen molar-refractivity contribution in [3.8, 4) is 5.75 Å². The van der Waals surface area contributed by atoms with E-state index in [1.165, 1.54) is 0 Å². The summed E-state index contributed by atoms with van der Waals surface area (Å²) in [5.41, 5.74) is 3.09. The molecular formula is C18H21ClN4O. The van der Waals surface area contributed by atoms with Crippen LogP contribution in [0.4, 0.5) is 11.4 Å². The predicted molar refractivity (Wildman–Crippen MR) is 97.5 cm³/mol. The summed E-state index contributed by atoms with van der Waals surface area (Å²) in [5.74, 6) is 0.819. The number of ether oxygens (including phenoxy) is 1. The van der Waals surface area contributed by atoms with Gasteiger partial charge in [0, 0.05) is 23.8 Å². The quantitative estimate of drug-likeness (QED) is 0.768. The van der Waals surface area contributed by atoms with Gasteiger partial charge >= 0.3 is 0 Å². The molecule has 6 heteroatoms. The van der Waals surface area contributed by atoms with E-state index in [4.69, 9.17) is 16.3 Å². The Morgan fingerprint density at radius 2 is 1.71 bits per heavy atom. The van der Waals surface area contributed by atoms with Crippen molar-refractivity contribution in [2.45, 2.75) is 6.92 Å². The van der Waals surface area contributed by atoms with Gasteiger partial charge in [0.25, 0.3) is 0 Å². The molecule has 0 N–H and O–H groups in total. The van der Waals surface area contributed by atoms with E-state index in [2.05, 4.69) is 27.4 Å². The van der Waals surface area contributed by atoms with E-state index in [1.807, 2.05) is 42.3 Å². The van der Waals surface area contributed by atoms with Crippen LogP contribution in [0.3, 0.4) is 0 Å². The number of piperazine rings is 1. The van der Waals surface area contributed by atoms with Gasteiger partial charge in [0.15, 0.2) is 0 Å². The fourth-order valence-electron chi connectivity index (χ4n) is 2.59. The van der Waals surface area contributed by atoms with Gasteiger partial charge in [-0.25, -0.2) is 0 Å². The highest BCUT2D eigenvalue weighted by molar-refractivity contribution is 6.31. The number of nitrogens with zero attached hydrogens (tertiary/aromatic N) is 4. The van der Waals surface area contributed by atoms with Crippen molar-refractivity contribution < 1.29 is 4.74 Å². The number of rotatable bonds is 4. The number of anilines is 1. The smallest absolute Gasteiger partial charge is 0.119 e. The van der Waals surface area contributed by atoms with Gasteiger partial charge in [-0.05, 0) is 48.9 Å². The Hall–Kier alpha value is -2.27. The summed E-state index contributed by atoms with van der Waals surface area (Å²) in [4.78, 5) is 2.32. The monoisotopic (exact) mass is 344 g/mol. The topological polar surface area (TPSA) is 40.4 Å². The molecule has 0 atom stereocenters. The normalized spacial score (nSPS) is 15.1. The highest BCUT2D eigenvalue weighted by Crippen LogP contribution is 2.24. The third kappa shape index (κ3) is 3.97. The van der Waals surface area contributed by atoms with E-state index >= 15 is 0 Å². The lowest BCUT2D eigenvalue weighted by atomic mass is 10.2. The van der Waals surface area contributed by atoms with Crippen LogP contribution in [0.5, 0.6) is 5.75 Å². The minimum atomic E-state index is 0.814. The molecule has 3 rings (SSSR count). The summed E-state index contributed by atoms with van der Waals surface area (Å²) in [7, 11) is 1.65. The fraction of sp³-hybridized carbons (Fsp3) is 0.333. The maximum absolute atomic E-state index is 6.22. The highest BCUT2D eigenvalue weighted by Gasteiger charge is 2.16. The van der Waals surface area contributed by atoms with E-state index in [0.29, 0.717) is 0 Å². The second-order valence-electron chi connectivity index (χ2n) is 5.76. The summed E-state index contributed by atoms with van der Waals surface area (Å²) in [5, 5.41) is 11.4. The van der Waals surface area contributed by atoms with Crippen LogP contribution in [0, 0.1) is 6.92 Å². The molecule has 126 valence electrons. The van der Waals surface area contributed by atoms with Crippen molar-refractivity contribution in [3.05, 3.63) is 53.1 Å². The number of aryl methyl sites for hydroxylation is 1. The van der Waals surface area contributed by atoms with E-state index < -0.39 is 0 Å². The van der Waals surface area contributed by atoms with Crippen LogP contribution < -0.4 is 9.64 Å². The minimum Gasteiger partial charge on any atom is -0.497 e. The molecule has 2 aromatic carbocycles. The van der Waals surface area contributed by atoms with E-state index in [1.54, 1.807) is 7.11 Å². The predicted octanol–water partition coefficient (Wildman–Crippen LogP) is 4.48. The summed E-state index contributed by atoms with van der Waals surface area (Å²) in [6.45, 7) is 5.50. The van der Waals surface area contributed by atoms with Gasteiger partial charge in [-0.15, -0.1) is 5.11 Å². The molecule has 24 heavy (non-hydrogen) atoms. The molecular weight excluding hydrogens is 324 g/mol. The van der Waals surface area contributed by atoms with Gasteiger partial charge < -0.3 is 9.64 Å². The van der Waals surface area contributed by atoms with Gasteiger partial charge in [0.1, 0.15) is 5.75 Å². The zero-order valence-corrected chi connectivity index (χ0v) is 14.7. The first-order chi connectivity index (χ1) is 11.7. The third-order valence-electron chi connectivity index (χ3n) is 4.14. The number of methoxy groups -OCH3 is 1. The average molecular weight is 345 g/mol. The van der Waals surface area contributed by atoms with Crippen LogP contribution in [0.15, 0.2) is 52.8 Å². The second kappa shape index (κ2) is 7.53. The minimum absolute atomic E-state index is 0.814. The number of halogens is 1. The van der Waals surface area contributed by atoms with Crippen molar-refractivity contribution in [1.82, 2.24) is 5.01 Å². The fourth-order valence-corrected chi connectivity index (χ4v) is 2.76. The number of hydrogen-bond acceptors (Lipinski definition) is 4. The molecule has 2 aromatic rings. The molecule has 1 aliphatic heterocycles. The number of hydrogen-bond donors (Lipinski definition) is 0. The molecule has 1 saturated heterocycles. The van der Waals surface area contributed by atoms with Crippen molar-refractivity contribution >= 4 is 23.0 Å². The second-order valence-corrected chi connectivity index (χ2v) is 6.17. The van der Waals surface area contributed by atoms with E-state index in [9.17, 15) is 0 Å². The Morgan fingerprint density at radius 3 is 2.33 bits per heavy atom. The molecule has 0 radical (unpaired) electrons. The Labute approximate surface area is 147 Å². The number of benzene rings is 2. The summed E-state index contributed by atoms with van der Waals surface area (Å²) >= 11 is 6.22. The Morgan fingerprint density at radius 1 is 1.00 bits per heavy atom. The highest BCUT2D eigenvalue weighted by atomic mass is 35.5. The largest absolute Gasteiger partial charge is 0.497 e. The molecule has 0 amide bonds. The summed E-state index contributed by atoms with van der Waals surface area (Å²) in [6, 6.07) is 13.8. The molecule has 1 heterocycles. The molecule has 0 aliphatic carbocycles. The van der Waals surface area contributed by atoms with Gasteiger partial charge in [-0.1, -0.05) is 22.9 Å².